The Morgan fingerprint density at radius 1 is 1.00 bits per heavy atom. The fraction of sp³-hybridized carbons (Fsp3) is 0.222. The molecule has 6 nitrogen and oxygen atoms in total. The van der Waals surface area contributed by atoms with E-state index < -0.39 is 5.91 Å². The molecule has 6 heteroatoms. The Kier molecular flexibility index (Phi) is 3.57. The first kappa shape index (κ1) is 14.6. The maximum Gasteiger partial charge on any atom is 0.282 e. The summed E-state index contributed by atoms with van der Waals surface area (Å²) in [6.07, 6.45) is 3.81. The third kappa shape index (κ3) is 2.56. The topological polar surface area (TPSA) is 65.8 Å². The summed E-state index contributed by atoms with van der Waals surface area (Å²) < 4.78 is 5.77. The lowest BCUT2D eigenvalue weighted by Crippen LogP contribution is -2.35. The van der Waals surface area contributed by atoms with Crippen LogP contribution in [0.4, 0.5) is 11.6 Å². The van der Waals surface area contributed by atoms with Gasteiger partial charge in [-0.3, -0.25) is 15.0 Å². The van der Waals surface area contributed by atoms with Crippen molar-refractivity contribution >= 4 is 29.5 Å². The standard InChI is InChI=1S/C18H17N3O3/c22-17-15(18(23)21(19-17)13-6-2-1-3-7-13)12-14-8-9-16(24-14)20-10-4-5-11-20/h1-3,6-9,12H,4-5,10-11H2,(H,19,22)/b15-12-. The number of nitrogens with zero attached hydrogens (tertiary/aromatic N) is 2. The van der Waals surface area contributed by atoms with Crippen LogP contribution in [0.3, 0.4) is 0 Å². The predicted molar refractivity (Wildman–Crippen MR) is 90.2 cm³/mol. The lowest BCUT2D eigenvalue weighted by Gasteiger charge is -2.13. The molecule has 2 aliphatic heterocycles. The van der Waals surface area contributed by atoms with E-state index in [-0.39, 0.29) is 11.5 Å². The Hall–Kier alpha value is -3.02. The second kappa shape index (κ2) is 5.88. The highest BCUT2D eigenvalue weighted by atomic mass is 16.4. The van der Waals surface area contributed by atoms with Crippen LogP contribution in [0, 0.1) is 0 Å². The van der Waals surface area contributed by atoms with Crippen molar-refractivity contribution in [3.8, 4) is 0 Å². The second-order valence-corrected chi connectivity index (χ2v) is 5.85. The highest BCUT2D eigenvalue weighted by Gasteiger charge is 2.34. The van der Waals surface area contributed by atoms with Gasteiger partial charge in [0, 0.05) is 19.2 Å². The quantitative estimate of drug-likeness (QED) is 0.695. The third-order valence-electron chi connectivity index (χ3n) is 4.22. The third-order valence-corrected chi connectivity index (χ3v) is 4.22. The van der Waals surface area contributed by atoms with Gasteiger partial charge in [0.1, 0.15) is 11.3 Å². The summed E-state index contributed by atoms with van der Waals surface area (Å²) in [7, 11) is 0. The molecule has 3 heterocycles. The van der Waals surface area contributed by atoms with E-state index in [1.807, 2.05) is 24.3 Å². The fourth-order valence-corrected chi connectivity index (χ4v) is 2.99. The van der Waals surface area contributed by atoms with E-state index in [1.165, 1.54) is 11.1 Å². The molecule has 2 fully saturated rings. The van der Waals surface area contributed by atoms with Crippen LogP contribution in [0.2, 0.25) is 0 Å². The van der Waals surface area contributed by atoms with Crippen LogP contribution in [0.25, 0.3) is 6.08 Å². The van der Waals surface area contributed by atoms with Crippen molar-refractivity contribution in [2.24, 2.45) is 0 Å². The molecule has 2 saturated heterocycles. The zero-order valence-electron chi connectivity index (χ0n) is 13.1. The smallest absolute Gasteiger partial charge is 0.282 e. The molecule has 0 radical (unpaired) electrons. The van der Waals surface area contributed by atoms with Crippen LogP contribution in [-0.2, 0) is 9.59 Å². The van der Waals surface area contributed by atoms with Gasteiger partial charge >= 0.3 is 0 Å². The van der Waals surface area contributed by atoms with E-state index in [2.05, 4.69) is 10.3 Å². The number of benzene rings is 1. The number of amides is 2. The van der Waals surface area contributed by atoms with Crippen molar-refractivity contribution in [1.82, 2.24) is 5.43 Å². The van der Waals surface area contributed by atoms with Crippen molar-refractivity contribution in [2.75, 3.05) is 23.0 Å². The number of carbonyl (C=O) groups is 2. The molecule has 0 bridgehead atoms. The van der Waals surface area contributed by atoms with Crippen LogP contribution in [0.5, 0.6) is 0 Å². The number of hydrogen-bond donors (Lipinski definition) is 1. The van der Waals surface area contributed by atoms with Crippen LogP contribution >= 0.6 is 0 Å². The van der Waals surface area contributed by atoms with E-state index >= 15 is 0 Å². The molecule has 1 aromatic heterocycles. The van der Waals surface area contributed by atoms with Crippen molar-refractivity contribution < 1.29 is 14.0 Å². The van der Waals surface area contributed by atoms with Gasteiger partial charge in [0.15, 0.2) is 5.88 Å². The van der Waals surface area contributed by atoms with Gasteiger partial charge in [0.2, 0.25) is 0 Å². The summed E-state index contributed by atoms with van der Waals surface area (Å²) >= 11 is 0. The number of anilines is 2. The molecule has 1 aromatic carbocycles. The summed E-state index contributed by atoms with van der Waals surface area (Å²) in [5, 5.41) is 1.25. The zero-order chi connectivity index (χ0) is 16.5. The molecule has 0 saturated carbocycles. The molecule has 2 amide bonds. The van der Waals surface area contributed by atoms with Crippen molar-refractivity contribution in [2.45, 2.75) is 12.8 Å². The maximum absolute atomic E-state index is 12.5. The Morgan fingerprint density at radius 3 is 2.50 bits per heavy atom. The van der Waals surface area contributed by atoms with Crippen molar-refractivity contribution in [3.05, 3.63) is 53.8 Å². The van der Waals surface area contributed by atoms with Gasteiger partial charge in [-0.15, -0.1) is 0 Å². The molecular weight excluding hydrogens is 306 g/mol. The number of para-hydroxylation sites is 1. The minimum absolute atomic E-state index is 0.0705. The van der Waals surface area contributed by atoms with Crippen molar-refractivity contribution in [3.63, 3.8) is 0 Å². The first-order chi connectivity index (χ1) is 11.7. The van der Waals surface area contributed by atoms with E-state index in [9.17, 15) is 9.59 Å². The Balaban J connectivity index is 1.58. The summed E-state index contributed by atoms with van der Waals surface area (Å²) in [4.78, 5) is 26.8. The first-order valence-electron chi connectivity index (χ1n) is 7.99. The summed E-state index contributed by atoms with van der Waals surface area (Å²) in [5.74, 6) is 0.476. The summed E-state index contributed by atoms with van der Waals surface area (Å²) in [5.41, 5.74) is 3.27. The van der Waals surface area contributed by atoms with E-state index in [0.29, 0.717) is 11.4 Å². The molecule has 2 aromatic rings. The second-order valence-electron chi connectivity index (χ2n) is 5.85. The van der Waals surface area contributed by atoms with Gasteiger partial charge < -0.3 is 9.32 Å². The molecule has 0 atom stereocenters. The molecule has 1 N–H and O–H groups in total. The average Bonchev–Trinajstić information content (AvgIpc) is 3.32. The normalized spacial score (nSPS) is 19.4. The Bertz CT molecular complexity index is 804. The number of furan rings is 1. The Labute approximate surface area is 139 Å². The molecule has 0 unspecified atom stereocenters. The van der Waals surface area contributed by atoms with E-state index in [1.54, 1.807) is 18.2 Å². The van der Waals surface area contributed by atoms with Gasteiger partial charge in [-0.25, -0.2) is 5.01 Å². The largest absolute Gasteiger partial charge is 0.441 e. The molecule has 0 spiro atoms. The first-order valence-corrected chi connectivity index (χ1v) is 7.99. The monoisotopic (exact) mass is 323 g/mol. The van der Waals surface area contributed by atoms with Gasteiger partial charge in [-0.2, -0.15) is 0 Å². The molecule has 4 rings (SSSR count). The number of hydrazine groups is 1. The minimum Gasteiger partial charge on any atom is -0.441 e. The lowest BCUT2D eigenvalue weighted by molar-refractivity contribution is -0.117. The van der Waals surface area contributed by atoms with Crippen LogP contribution < -0.4 is 15.3 Å². The number of nitrogens with one attached hydrogen (secondary N) is 1. The highest BCUT2D eigenvalue weighted by Crippen LogP contribution is 2.26. The van der Waals surface area contributed by atoms with Crippen molar-refractivity contribution in [1.29, 1.82) is 0 Å². The van der Waals surface area contributed by atoms with Gasteiger partial charge in [0.05, 0.1) is 5.69 Å². The number of rotatable bonds is 3. The number of hydrogen-bond acceptors (Lipinski definition) is 4. The minimum atomic E-state index is -0.428. The lowest BCUT2D eigenvalue weighted by atomic mass is 10.2. The van der Waals surface area contributed by atoms with Crippen LogP contribution in [0.15, 0.2) is 52.5 Å². The molecular formula is C18H17N3O3. The maximum atomic E-state index is 12.5. The summed E-state index contributed by atoms with van der Waals surface area (Å²) in [6, 6.07) is 12.7. The highest BCUT2D eigenvalue weighted by molar-refractivity contribution is 6.31. The molecule has 0 aliphatic carbocycles. The van der Waals surface area contributed by atoms with Gasteiger partial charge in [0.25, 0.3) is 11.8 Å². The van der Waals surface area contributed by atoms with Gasteiger partial charge in [-0.05, 0) is 37.1 Å². The Morgan fingerprint density at radius 2 is 1.75 bits per heavy atom. The SMILES string of the molecule is O=C1NN(c2ccccc2)C(=O)/C1=C\c1ccc(N2CCCC2)o1. The van der Waals surface area contributed by atoms with E-state index in [0.717, 1.165) is 31.8 Å². The van der Waals surface area contributed by atoms with Crippen LogP contribution in [-0.4, -0.2) is 24.9 Å². The number of carbonyl (C=O) groups excluding carboxylic acids is 2. The molecule has 2 aliphatic rings. The average molecular weight is 323 g/mol. The van der Waals surface area contributed by atoms with E-state index in [4.69, 9.17) is 4.42 Å². The van der Waals surface area contributed by atoms with Gasteiger partial charge in [-0.1, -0.05) is 18.2 Å². The van der Waals surface area contributed by atoms with Crippen LogP contribution in [0.1, 0.15) is 18.6 Å². The zero-order valence-corrected chi connectivity index (χ0v) is 13.1. The predicted octanol–water partition coefficient (Wildman–Crippen LogP) is 2.34. The summed E-state index contributed by atoms with van der Waals surface area (Å²) in [6.45, 7) is 1.95. The molecule has 24 heavy (non-hydrogen) atoms. The molecule has 122 valence electrons. The fourth-order valence-electron chi connectivity index (χ4n) is 2.99.